The van der Waals surface area contributed by atoms with E-state index in [1.165, 1.54) is 12.1 Å². The van der Waals surface area contributed by atoms with Crippen LogP contribution >= 0.6 is 0 Å². The third-order valence-corrected chi connectivity index (χ3v) is 5.66. The molecule has 0 N–H and O–H groups in total. The summed E-state index contributed by atoms with van der Waals surface area (Å²) in [5.74, 6) is 0. The van der Waals surface area contributed by atoms with Crippen molar-refractivity contribution in [3.8, 4) is 0 Å². The summed E-state index contributed by atoms with van der Waals surface area (Å²) in [6, 6.07) is 12.9. The molecule has 1 heterocycles. The fourth-order valence-corrected chi connectivity index (χ4v) is 4.59. The number of fused-ring (bicyclic) bond motifs is 1. The summed E-state index contributed by atoms with van der Waals surface area (Å²) in [5.41, 5.74) is 0.937. The van der Waals surface area contributed by atoms with E-state index in [0.29, 0.717) is 11.3 Å². The smallest absolute Gasteiger partial charge is 0.262 e. The highest BCUT2D eigenvalue weighted by molar-refractivity contribution is 7.92. The van der Waals surface area contributed by atoms with Crippen LogP contribution in [-0.2, 0) is 16.4 Å². The van der Waals surface area contributed by atoms with Crippen molar-refractivity contribution in [2.24, 2.45) is 0 Å². The molecule has 23 heavy (non-hydrogen) atoms. The van der Waals surface area contributed by atoms with Crippen LogP contribution < -0.4 is 4.31 Å². The first kappa shape index (κ1) is 15.9. The number of nitrogens with zero attached hydrogens (tertiary/aromatic N) is 1. The molecule has 1 aliphatic rings. The van der Waals surface area contributed by atoms with Crippen molar-refractivity contribution in [1.82, 2.24) is 0 Å². The van der Waals surface area contributed by atoms with Gasteiger partial charge in [-0.25, -0.2) is 8.42 Å². The van der Waals surface area contributed by atoms with Gasteiger partial charge in [0, 0.05) is 0 Å². The van der Waals surface area contributed by atoms with E-state index in [9.17, 15) is 21.6 Å². The molecule has 2 aromatic rings. The van der Waals surface area contributed by atoms with Crippen LogP contribution in [0.2, 0.25) is 0 Å². The lowest BCUT2D eigenvalue weighted by molar-refractivity contribution is -0.137. The third kappa shape index (κ3) is 3.06. The Hall–Kier alpha value is -2.02. The maximum Gasteiger partial charge on any atom is 0.391 e. The average Bonchev–Trinajstić information content (AvgIpc) is 2.84. The topological polar surface area (TPSA) is 37.4 Å². The van der Waals surface area contributed by atoms with Gasteiger partial charge in [-0.3, -0.25) is 4.31 Å². The molecule has 0 fully saturated rings. The van der Waals surface area contributed by atoms with Crippen LogP contribution in [0, 0.1) is 0 Å². The lowest BCUT2D eigenvalue weighted by Crippen LogP contribution is -2.40. The van der Waals surface area contributed by atoms with Crippen LogP contribution in [0.5, 0.6) is 0 Å². The Kier molecular flexibility index (Phi) is 3.83. The van der Waals surface area contributed by atoms with Gasteiger partial charge in [-0.15, -0.1) is 0 Å². The predicted octanol–water partition coefficient (Wildman–Crippen LogP) is 3.76. The lowest BCUT2D eigenvalue weighted by atomic mass is 10.1. The van der Waals surface area contributed by atoms with Gasteiger partial charge in [-0.05, 0) is 30.2 Å². The number of benzene rings is 2. The largest absolute Gasteiger partial charge is 0.391 e. The minimum absolute atomic E-state index is 0.0103. The zero-order valence-electron chi connectivity index (χ0n) is 12.0. The number of alkyl halides is 3. The van der Waals surface area contributed by atoms with Gasteiger partial charge in [0.05, 0.1) is 23.0 Å². The first-order valence-electron chi connectivity index (χ1n) is 7.03. The maximum atomic E-state index is 12.9. The van der Waals surface area contributed by atoms with Gasteiger partial charge in [-0.1, -0.05) is 36.4 Å². The molecule has 0 aliphatic carbocycles. The van der Waals surface area contributed by atoms with Crippen LogP contribution in [0.1, 0.15) is 12.0 Å². The minimum Gasteiger partial charge on any atom is -0.262 e. The molecule has 0 spiro atoms. The van der Waals surface area contributed by atoms with Gasteiger partial charge in [0.1, 0.15) is 0 Å². The molecule has 122 valence electrons. The molecule has 0 radical (unpaired) electrons. The highest BCUT2D eigenvalue weighted by Gasteiger charge is 2.43. The van der Waals surface area contributed by atoms with Crippen LogP contribution in [0.15, 0.2) is 59.5 Å². The number of sulfonamides is 1. The highest BCUT2D eigenvalue weighted by atomic mass is 32.2. The van der Waals surface area contributed by atoms with Crippen LogP contribution in [0.3, 0.4) is 0 Å². The van der Waals surface area contributed by atoms with E-state index in [-0.39, 0.29) is 11.3 Å². The molecule has 1 atom stereocenters. The van der Waals surface area contributed by atoms with Crippen molar-refractivity contribution in [2.75, 3.05) is 4.31 Å². The molecular weight excluding hydrogens is 327 g/mol. The van der Waals surface area contributed by atoms with Gasteiger partial charge in [0.25, 0.3) is 10.0 Å². The Morgan fingerprint density at radius 3 is 2.26 bits per heavy atom. The standard InChI is InChI=1S/C16H14F3NO2S/c17-16(18,19)11-13-10-12-6-4-5-9-15(12)20(13)23(21,22)14-7-2-1-3-8-14/h1-9,13H,10-11H2. The lowest BCUT2D eigenvalue weighted by Gasteiger charge is -2.27. The third-order valence-electron chi connectivity index (χ3n) is 3.78. The summed E-state index contributed by atoms with van der Waals surface area (Å²) in [6.07, 6.45) is -5.55. The van der Waals surface area contributed by atoms with Gasteiger partial charge in [0.15, 0.2) is 0 Å². The Balaban J connectivity index is 2.09. The Bertz CT molecular complexity index is 804. The second-order valence-electron chi connectivity index (χ2n) is 5.42. The van der Waals surface area contributed by atoms with Gasteiger partial charge in [0.2, 0.25) is 0 Å². The minimum atomic E-state index is -4.43. The van der Waals surface area contributed by atoms with Crippen molar-refractivity contribution in [3.63, 3.8) is 0 Å². The van der Waals surface area contributed by atoms with E-state index in [1.54, 1.807) is 42.5 Å². The monoisotopic (exact) mass is 341 g/mol. The van der Waals surface area contributed by atoms with E-state index < -0.39 is 28.7 Å². The zero-order chi connectivity index (χ0) is 16.7. The Morgan fingerprint density at radius 2 is 1.61 bits per heavy atom. The van der Waals surface area contributed by atoms with Gasteiger partial charge >= 0.3 is 6.18 Å². The number of hydrogen-bond acceptors (Lipinski definition) is 2. The van der Waals surface area contributed by atoms with Gasteiger partial charge < -0.3 is 0 Å². The number of para-hydroxylation sites is 1. The number of halogens is 3. The van der Waals surface area contributed by atoms with Crippen LogP contribution in [-0.4, -0.2) is 20.6 Å². The molecule has 0 bridgehead atoms. The number of rotatable bonds is 3. The normalized spacial score (nSPS) is 18.0. The van der Waals surface area contributed by atoms with E-state index >= 15 is 0 Å². The van der Waals surface area contributed by atoms with Crippen LogP contribution in [0.25, 0.3) is 0 Å². The summed E-state index contributed by atoms with van der Waals surface area (Å²) >= 11 is 0. The fourth-order valence-electron chi connectivity index (χ4n) is 2.89. The van der Waals surface area contributed by atoms with Crippen molar-refractivity contribution < 1.29 is 21.6 Å². The number of hydrogen-bond donors (Lipinski definition) is 0. The Morgan fingerprint density at radius 1 is 1.00 bits per heavy atom. The maximum absolute atomic E-state index is 12.9. The van der Waals surface area contributed by atoms with Crippen LogP contribution in [0.4, 0.5) is 18.9 Å². The molecule has 1 aliphatic heterocycles. The molecule has 1 unspecified atom stereocenters. The zero-order valence-corrected chi connectivity index (χ0v) is 12.8. The van der Waals surface area contributed by atoms with Crippen molar-refractivity contribution in [1.29, 1.82) is 0 Å². The summed E-state index contributed by atoms with van der Waals surface area (Å²) in [4.78, 5) is -0.0103. The molecule has 2 aromatic carbocycles. The average molecular weight is 341 g/mol. The molecule has 3 rings (SSSR count). The first-order chi connectivity index (χ1) is 10.8. The van der Waals surface area contributed by atoms with E-state index in [4.69, 9.17) is 0 Å². The summed E-state index contributed by atoms with van der Waals surface area (Å²) < 4.78 is 65.2. The van der Waals surface area contributed by atoms with E-state index in [2.05, 4.69) is 0 Å². The van der Waals surface area contributed by atoms with Crippen molar-refractivity contribution in [2.45, 2.75) is 30.0 Å². The van der Waals surface area contributed by atoms with Crippen molar-refractivity contribution in [3.05, 3.63) is 60.2 Å². The second-order valence-corrected chi connectivity index (χ2v) is 7.23. The van der Waals surface area contributed by atoms with E-state index in [0.717, 1.165) is 4.31 Å². The summed E-state index contributed by atoms with van der Waals surface area (Å²) in [6.45, 7) is 0. The fraction of sp³-hybridized carbons (Fsp3) is 0.250. The second kappa shape index (κ2) is 5.56. The quantitative estimate of drug-likeness (QED) is 0.852. The molecular formula is C16H14F3NO2S. The van der Waals surface area contributed by atoms with E-state index in [1.807, 2.05) is 0 Å². The highest BCUT2D eigenvalue weighted by Crippen LogP contribution is 2.40. The number of anilines is 1. The molecule has 0 aromatic heterocycles. The molecule has 0 amide bonds. The summed E-state index contributed by atoms with van der Waals surface area (Å²) in [7, 11) is -4.04. The molecule has 7 heteroatoms. The molecule has 0 saturated carbocycles. The SMILES string of the molecule is O=S(=O)(c1ccccc1)N1c2ccccc2CC1CC(F)(F)F. The van der Waals surface area contributed by atoms with Crippen molar-refractivity contribution >= 4 is 15.7 Å². The Labute approximate surface area is 132 Å². The van der Waals surface area contributed by atoms with Gasteiger partial charge in [-0.2, -0.15) is 13.2 Å². The first-order valence-corrected chi connectivity index (χ1v) is 8.47. The summed E-state index contributed by atoms with van der Waals surface area (Å²) in [5, 5.41) is 0. The molecule has 0 saturated heterocycles. The predicted molar refractivity (Wildman–Crippen MR) is 80.7 cm³/mol. The molecule has 3 nitrogen and oxygen atoms in total.